The Morgan fingerprint density at radius 1 is 1.38 bits per heavy atom. The molecule has 0 bridgehead atoms. The second kappa shape index (κ2) is 3.43. The number of hydrogen-bond acceptors (Lipinski definition) is 4. The van der Waals surface area contributed by atoms with Crippen LogP contribution in [0.3, 0.4) is 0 Å². The number of hydrogen-bond donors (Lipinski definition) is 0. The zero-order valence-corrected chi connectivity index (χ0v) is 7.38. The highest BCUT2D eigenvalue weighted by atomic mass is 15.2. The molecule has 66 valence electrons. The third-order valence-corrected chi connectivity index (χ3v) is 2.09. The van der Waals surface area contributed by atoms with E-state index in [1.54, 1.807) is 6.21 Å². The zero-order chi connectivity index (χ0) is 9.10. The normalized spacial score (nSPS) is 25.5. The van der Waals surface area contributed by atoms with Crippen molar-refractivity contribution in [2.24, 2.45) is 10.2 Å². The summed E-state index contributed by atoms with van der Waals surface area (Å²) in [6.45, 7) is 2.13. The van der Waals surface area contributed by atoms with Crippen LogP contribution in [0.4, 0.5) is 0 Å². The molecular formula is C9H10N4. The molecule has 1 aliphatic heterocycles. The third-order valence-electron chi connectivity index (χ3n) is 2.09. The molecule has 0 fully saturated rings. The molecule has 0 N–H and O–H groups in total. The van der Waals surface area contributed by atoms with E-state index in [2.05, 4.69) is 27.1 Å². The molecule has 0 spiro atoms. The van der Waals surface area contributed by atoms with Crippen LogP contribution in [0, 0.1) is 0 Å². The fraction of sp³-hybridized carbons (Fsp3) is 0.333. The number of fused-ring (bicyclic) bond motifs is 1. The summed E-state index contributed by atoms with van der Waals surface area (Å²) < 4.78 is 0. The van der Waals surface area contributed by atoms with Crippen molar-refractivity contribution in [3.05, 3.63) is 23.8 Å². The average Bonchev–Trinajstić information content (AvgIpc) is 2.14. The van der Waals surface area contributed by atoms with Gasteiger partial charge in [-0.25, -0.2) is 9.97 Å². The predicted molar refractivity (Wildman–Crippen MR) is 51.2 cm³/mol. The smallest absolute Gasteiger partial charge is 0.116 e. The van der Waals surface area contributed by atoms with E-state index in [4.69, 9.17) is 0 Å². The van der Waals surface area contributed by atoms with Gasteiger partial charge in [0.05, 0.1) is 11.9 Å². The minimum absolute atomic E-state index is 0.409. The van der Waals surface area contributed by atoms with Crippen molar-refractivity contribution in [1.29, 1.82) is 0 Å². The van der Waals surface area contributed by atoms with Gasteiger partial charge in [-0.05, 0) is 12.3 Å². The van der Waals surface area contributed by atoms with E-state index in [1.165, 1.54) is 6.33 Å². The molecule has 4 heteroatoms. The zero-order valence-electron chi connectivity index (χ0n) is 7.38. The van der Waals surface area contributed by atoms with Crippen LogP contribution >= 0.6 is 0 Å². The maximum Gasteiger partial charge on any atom is 0.116 e. The molecule has 1 atom stereocenters. The standard InChI is InChI=1S/C9H10N4/c1-7-2-3-12-13-5-9-8(7)4-10-6-11-9/h3-7H,2H2,1H3/b12-3+,13-5-. The Kier molecular flexibility index (Phi) is 2.12. The summed E-state index contributed by atoms with van der Waals surface area (Å²) in [6.07, 6.45) is 7.75. The summed E-state index contributed by atoms with van der Waals surface area (Å²) in [7, 11) is 0. The van der Waals surface area contributed by atoms with Gasteiger partial charge in [0.2, 0.25) is 0 Å². The van der Waals surface area contributed by atoms with Crippen LogP contribution in [0.1, 0.15) is 30.5 Å². The van der Waals surface area contributed by atoms with Crippen LogP contribution < -0.4 is 0 Å². The lowest BCUT2D eigenvalue weighted by atomic mass is 9.98. The van der Waals surface area contributed by atoms with E-state index in [1.807, 2.05) is 12.4 Å². The minimum Gasteiger partial charge on any atom is -0.244 e. The van der Waals surface area contributed by atoms with Gasteiger partial charge in [0.25, 0.3) is 0 Å². The van der Waals surface area contributed by atoms with Gasteiger partial charge in [-0.15, -0.1) is 0 Å². The summed E-state index contributed by atoms with van der Waals surface area (Å²) in [6, 6.07) is 0. The first-order chi connectivity index (χ1) is 6.38. The van der Waals surface area contributed by atoms with Crippen molar-refractivity contribution in [2.75, 3.05) is 0 Å². The van der Waals surface area contributed by atoms with Crippen molar-refractivity contribution in [3.8, 4) is 0 Å². The fourth-order valence-electron chi connectivity index (χ4n) is 1.30. The lowest BCUT2D eigenvalue weighted by Crippen LogP contribution is -2.04. The molecule has 0 amide bonds. The molecule has 4 nitrogen and oxygen atoms in total. The molecule has 0 saturated heterocycles. The first kappa shape index (κ1) is 8.04. The second-order valence-corrected chi connectivity index (χ2v) is 3.04. The number of aromatic nitrogens is 2. The second-order valence-electron chi connectivity index (χ2n) is 3.04. The highest BCUT2D eigenvalue weighted by Gasteiger charge is 2.10. The van der Waals surface area contributed by atoms with Crippen molar-refractivity contribution in [2.45, 2.75) is 19.3 Å². The molecule has 2 rings (SSSR count). The quantitative estimate of drug-likeness (QED) is 0.596. The molecule has 1 aromatic heterocycles. The summed E-state index contributed by atoms with van der Waals surface area (Å²) in [4.78, 5) is 8.14. The summed E-state index contributed by atoms with van der Waals surface area (Å²) >= 11 is 0. The largest absolute Gasteiger partial charge is 0.244 e. The van der Waals surface area contributed by atoms with Gasteiger partial charge in [-0.1, -0.05) is 6.92 Å². The monoisotopic (exact) mass is 174 g/mol. The molecule has 1 aliphatic rings. The average molecular weight is 174 g/mol. The van der Waals surface area contributed by atoms with Crippen LogP contribution in [0.15, 0.2) is 22.7 Å². The lowest BCUT2D eigenvalue weighted by molar-refractivity contribution is 0.790. The molecule has 0 saturated carbocycles. The number of rotatable bonds is 0. The highest BCUT2D eigenvalue weighted by molar-refractivity contribution is 5.80. The molecule has 0 radical (unpaired) electrons. The molecule has 0 aliphatic carbocycles. The van der Waals surface area contributed by atoms with Gasteiger partial charge in [-0.3, -0.25) is 0 Å². The van der Waals surface area contributed by atoms with Crippen LogP contribution in [-0.2, 0) is 0 Å². The van der Waals surface area contributed by atoms with Crippen molar-refractivity contribution in [1.82, 2.24) is 9.97 Å². The first-order valence-electron chi connectivity index (χ1n) is 4.22. The summed E-state index contributed by atoms with van der Waals surface area (Å²) in [5, 5.41) is 7.72. The van der Waals surface area contributed by atoms with E-state index >= 15 is 0 Å². The Hall–Kier alpha value is -1.58. The van der Waals surface area contributed by atoms with E-state index in [0.717, 1.165) is 17.7 Å². The van der Waals surface area contributed by atoms with Crippen LogP contribution in [-0.4, -0.2) is 22.4 Å². The van der Waals surface area contributed by atoms with E-state index in [9.17, 15) is 0 Å². The Bertz CT molecular complexity index is 356. The first-order valence-corrected chi connectivity index (χ1v) is 4.22. The van der Waals surface area contributed by atoms with Crippen molar-refractivity contribution < 1.29 is 0 Å². The predicted octanol–water partition coefficient (Wildman–Crippen LogP) is 1.39. The topological polar surface area (TPSA) is 50.5 Å². The third kappa shape index (κ3) is 1.61. The maximum absolute atomic E-state index is 4.14. The Morgan fingerprint density at radius 3 is 3.23 bits per heavy atom. The van der Waals surface area contributed by atoms with Crippen LogP contribution in [0.5, 0.6) is 0 Å². The van der Waals surface area contributed by atoms with E-state index in [-0.39, 0.29) is 0 Å². The van der Waals surface area contributed by atoms with Crippen LogP contribution in [0.2, 0.25) is 0 Å². The SMILES string of the molecule is CC1C/C=N/N=C\c2ncncc21. The molecular weight excluding hydrogens is 164 g/mol. The van der Waals surface area contributed by atoms with Crippen molar-refractivity contribution in [3.63, 3.8) is 0 Å². The van der Waals surface area contributed by atoms with Gasteiger partial charge in [0.15, 0.2) is 0 Å². The fourth-order valence-corrected chi connectivity index (χ4v) is 1.30. The molecule has 0 aromatic carbocycles. The minimum atomic E-state index is 0.409. The highest BCUT2D eigenvalue weighted by Crippen LogP contribution is 2.19. The van der Waals surface area contributed by atoms with Gasteiger partial charge < -0.3 is 0 Å². The molecule has 1 unspecified atom stereocenters. The van der Waals surface area contributed by atoms with Gasteiger partial charge in [-0.2, -0.15) is 10.2 Å². The Labute approximate surface area is 76.5 Å². The lowest BCUT2D eigenvalue weighted by Gasteiger charge is -2.11. The van der Waals surface area contributed by atoms with E-state index in [0.29, 0.717) is 5.92 Å². The molecule has 1 aromatic rings. The number of nitrogens with zero attached hydrogens (tertiary/aromatic N) is 4. The van der Waals surface area contributed by atoms with Crippen LogP contribution in [0.25, 0.3) is 0 Å². The Morgan fingerprint density at radius 2 is 2.31 bits per heavy atom. The molecule has 13 heavy (non-hydrogen) atoms. The maximum atomic E-state index is 4.14. The Balaban J connectivity index is 2.49. The van der Waals surface area contributed by atoms with Gasteiger partial charge in [0, 0.05) is 18.0 Å². The van der Waals surface area contributed by atoms with Gasteiger partial charge in [0.1, 0.15) is 6.33 Å². The van der Waals surface area contributed by atoms with Crippen molar-refractivity contribution >= 4 is 12.4 Å². The summed E-state index contributed by atoms with van der Waals surface area (Å²) in [5.41, 5.74) is 2.01. The van der Waals surface area contributed by atoms with Gasteiger partial charge >= 0.3 is 0 Å². The summed E-state index contributed by atoms with van der Waals surface area (Å²) in [5.74, 6) is 0.409. The van der Waals surface area contributed by atoms with E-state index < -0.39 is 0 Å². The molecule has 2 heterocycles.